The van der Waals surface area contributed by atoms with Gasteiger partial charge >= 0.3 is 0 Å². The summed E-state index contributed by atoms with van der Waals surface area (Å²) < 4.78 is 13.1. The number of aryl methyl sites for hydroxylation is 2. The minimum atomic E-state index is 0.471. The third-order valence-corrected chi connectivity index (χ3v) is 4.60. The lowest BCUT2D eigenvalue weighted by atomic mass is 10.1. The van der Waals surface area contributed by atoms with Crippen LogP contribution in [-0.4, -0.2) is 34.5 Å². The van der Waals surface area contributed by atoms with Crippen LogP contribution in [0.3, 0.4) is 0 Å². The largest absolute Gasteiger partial charge is 0.493 e. The number of hydrogen-bond donors (Lipinski definition) is 0. The molecule has 7 heteroatoms. The van der Waals surface area contributed by atoms with Gasteiger partial charge in [-0.1, -0.05) is 41.6 Å². The lowest BCUT2D eigenvalue weighted by Crippen LogP contribution is -1.99. The summed E-state index contributed by atoms with van der Waals surface area (Å²) in [6, 6.07) is 14.0. The molecule has 0 spiro atoms. The molecule has 3 aromatic rings. The highest BCUT2D eigenvalue weighted by Crippen LogP contribution is 2.28. The van der Waals surface area contributed by atoms with Crippen LogP contribution in [0.2, 0.25) is 0 Å². The minimum absolute atomic E-state index is 0.471. The van der Waals surface area contributed by atoms with Gasteiger partial charge in [-0.25, -0.2) is 0 Å². The van der Waals surface area contributed by atoms with Crippen molar-refractivity contribution < 1.29 is 9.47 Å². The predicted octanol–water partition coefficient (Wildman–Crippen LogP) is 4.09. The molecule has 0 N–H and O–H groups in total. The van der Waals surface area contributed by atoms with Gasteiger partial charge in [0.15, 0.2) is 17.3 Å². The molecule has 1 aromatic heterocycles. The van der Waals surface area contributed by atoms with E-state index in [1.807, 2.05) is 31.4 Å². The van der Waals surface area contributed by atoms with Crippen LogP contribution in [0.4, 0.5) is 0 Å². The summed E-state index contributed by atoms with van der Waals surface area (Å²) >= 11 is 1.50. The second-order valence-corrected chi connectivity index (χ2v) is 6.75. The third kappa shape index (κ3) is 4.68. The lowest BCUT2D eigenvalue weighted by molar-refractivity contribution is 0.284. The maximum Gasteiger partial charge on any atom is 0.211 e. The van der Waals surface area contributed by atoms with E-state index < -0.39 is 0 Å². The predicted molar refractivity (Wildman–Crippen MR) is 108 cm³/mol. The quantitative estimate of drug-likeness (QED) is 0.455. The number of benzene rings is 2. The molecule has 0 saturated heterocycles. The lowest BCUT2D eigenvalue weighted by Gasteiger charge is -2.11. The van der Waals surface area contributed by atoms with Gasteiger partial charge in [0, 0.05) is 0 Å². The zero-order valence-electron chi connectivity index (χ0n) is 15.8. The number of nitrogens with zero attached hydrogens (tertiary/aromatic N) is 4. The number of rotatable bonds is 7. The van der Waals surface area contributed by atoms with E-state index in [1.54, 1.807) is 18.0 Å². The van der Waals surface area contributed by atoms with Crippen molar-refractivity contribution >= 4 is 18.0 Å². The standard InChI is InChI=1S/C20H22N4O2S/c1-14-5-7-16(8-6-14)13-26-19-11-17(9-10-18(19)25-3)12-21-24-15(2)22-23-20(24)27-4/h5-12H,13H2,1-4H3/b21-12-. The van der Waals surface area contributed by atoms with Gasteiger partial charge in [0.1, 0.15) is 6.61 Å². The van der Waals surface area contributed by atoms with Crippen LogP contribution in [-0.2, 0) is 6.61 Å². The fourth-order valence-corrected chi connectivity index (χ4v) is 2.93. The molecule has 0 unspecified atom stereocenters. The molecular formula is C20H22N4O2S. The first-order valence-electron chi connectivity index (χ1n) is 8.47. The zero-order valence-corrected chi connectivity index (χ0v) is 16.7. The Balaban J connectivity index is 1.79. The first-order chi connectivity index (χ1) is 13.1. The highest BCUT2D eigenvalue weighted by molar-refractivity contribution is 7.98. The van der Waals surface area contributed by atoms with Crippen LogP contribution in [0.15, 0.2) is 52.7 Å². The second kappa shape index (κ2) is 8.73. The Morgan fingerprint density at radius 2 is 1.85 bits per heavy atom. The molecule has 0 fully saturated rings. The maximum atomic E-state index is 5.98. The molecule has 3 rings (SSSR count). The molecule has 0 aliphatic heterocycles. The monoisotopic (exact) mass is 382 g/mol. The fourth-order valence-electron chi connectivity index (χ4n) is 2.45. The van der Waals surface area contributed by atoms with Crippen LogP contribution < -0.4 is 9.47 Å². The Bertz CT molecular complexity index is 936. The van der Waals surface area contributed by atoms with E-state index in [9.17, 15) is 0 Å². The molecule has 27 heavy (non-hydrogen) atoms. The summed E-state index contributed by atoms with van der Waals surface area (Å²) in [7, 11) is 1.63. The smallest absolute Gasteiger partial charge is 0.211 e. The second-order valence-electron chi connectivity index (χ2n) is 5.97. The molecule has 0 saturated carbocycles. The van der Waals surface area contributed by atoms with E-state index in [-0.39, 0.29) is 0 Å². The van der Waals surface area contributed by atoms with Crippen LogP contribution in [0.25, 0.3) is 0 Å². The Hall–Kier alpha value is -2.80. The molecule has 0 bridgehead atoms. The first kappa shape index (κ1) is 19.0. The van der Waals surface area contributed by atoms with E-state index in [1.165, 1.54) is 17.3 Å². The molecule has 140 valence electrons. The van der Waals surface area contributed by atoms with Crippen LogP contribution in [0.1, 0.15) is 22.5 Å². The van der Waals surface area contributed by atoms with Crippen molar-refractivity contribution in [1.29, 1.82) is 0 Å². The Morgan fingerprint density at radius 1 is 1.07 bits per heavy atom. The van der Waals surface area contributed by atoms with Crippen molar-refractivity contribution in [3.63, 3.8) is 0 Å². The third-order valence-electron chi connectivity index (χ3n) is 3.98. The average Bonchev–Trinajstić information content (AvgIpc) is 3.05. The Labute approximate surface area is 163 Å². The van der Waals surface area contributed by atoms with Crippen molar-refractivity contribution in [2.75, 3.05) is 13.4 Å². The highest BCUT2D eigenvalue weighted by atomic mass is 32.2. The fraction of sp³-hybridized carbons (Fsp3) is 0.250. The van der Waals surface area contributed by atoms with E-state index in [2.05, 4.69) is 46.5 Å². The Morgan fingerprint density at radius 3 is 2.56 bits per heavy atom. The van der Waals surface area contributed by atoms with Gasteiger partial charge in [0.05, 0.1) is 13.3 Å². The van der Waals surface area contributed by atoms with Gasteiger partial charge < -0.3 is 9.47 Å². The number of thioether (sulfide) groups is 1. The van der Waals surface area contributed by atoms with Crippen molar-refractivity contribution in [3.8, 4) is 11.5 Å². The molecule has 0 aliphatic carbocycles. The van der Waals surface area contributed by atoms with Crippen LogP contribution >= 0.6 is 11.8 Å². The highest BCUT2D eigenvalue weighted by Gasteiger charge is 2.08. The van der Waals surface area contributed by atoms with Crippen LogP contribution in [0, 0.1) is 13.8 Å². The summed E-state index contributed by atoms with van der Waals surface area (Å²) in [4.78, 5) is 0. The Kier molecular flexibility index (Phi) is 6.13. The number of ether oxygens (including phenoxy) is 2. The van der Waals surface area contributed by atoms with Gasteiger partial charge in [-0.05, 0) is 49.4 Å². The number of methoxy groups -OCH3 is 1. The molecule has 0 amide bonds. The van der Waals surface area contributed by atoms with Crippen molar-refractivity contribution in [1.82, 2.24) is 14.9 Å². The number of hydrogen-bond acceptors (Lipinski definition) is 6. The van der Waals surface area contributed by atoms with Crippen molar-refractivity contribution in [2.45, 2.75) is 25.6 Å². The van der Waals surface area contributed by atoms with E-state index in [0.717, 1.165) is 22.1 Å². The van der Waals surface area contributed by atoms with Gasteiger partial charge in [-0.15, -0.1) is 10.2 Å². The molecule has 0 atom stereocenters. The SMILES string of the molecule is COc1ccc(/C=N\n2c(C)nnc2SC)cc1OCc1ccc(C)cc1. The molecule has 0 aliphatic rings. The summed E-state index contributed by atoms with van der Waals surface area (Å²) in [5, 5.41) is 13.4. The maximum absolute atomic E-state index is 5.98. The molecule has 1 heterocycles. The molecule has 6 nitrogen and oxygen atoms in total. The molecular weight excluding hydrogens is 360 g/mol. The van der Waals surface area contributed by atoms with Gasteiger partial charge in [-0.3, -0.25) is 0 Å². The normalized spacial score (nSPS) is 11.1. The first-order valence-corrected chi connectivity index (χ1v) is 9.70. The topological polar surface area (TPSA) is 61.5 Å². The average molecular weight is 382 g/mol. The summed E-state index contributed by atoms with van der Waals surface area (Å²) in [6.07, 6.45) is 3.70. The number of aromatic nitrogens is 3. The molecule has 2 aromatic carbocycles. The van der Waals surface area contributed by atoms with Crippen molar-refractivity contribution in [2.24, 2.45) is 5.10 Å². The summed E-state index contributed by atoms with van der Waals surface area (Å²) in [6.45, 7) is 4.41. The van der Waals surface area contributed by atoms with E-state index in [4.69, 9.17) is 9.47 Å². The van der Waals surface area contributed by atoms with Gasteiger partial charge in [-0.2, -0.15) is 9.78 Å². The van der Waals surface area contributed by atoms with E-state index >= 15 is 0 Å². The van der Waals surface area contributed by atoms with Gasteiger partial charge in [0.2, 0.25) is 5.16 Å². The van der Waals surface area contributed by atoms with E-state index in [0.29, 0.717) is 18.1 Å². The zero-order chi connectivity index (χ0) is 19.2. The van der Waals surface area contributed by atoms with Crippen LogP contribution in [0.5, 0.6) is 11.5 Å². The minimum Gasteiger partial charge on any atom is -0.493 e. The van der Waals surface area contributed by atoms with Gasteiger partial charge in [0.25, 0.3) is 0 Å². The molecule has 0 radical (unpaired) electrons. The summed E-state index contributed by atoms with van der Waals surface area (Å²) in [5.41, 5.74) is 3.23. The van der Waals surface area contributed by atoms with Crippen molar-refractivity contribution in [3.05, 3.63) is 65.0 Å². The summed E-state index contributed by atoms with van der Waals surface area (Å²) in [5.74, 6) is 2.09.